The van der Waals surface area contributed by atoms with Crippen molar-refractivity contribution in [3.05, 3.63) is 42.4 Å². The molecule has 6 heteroatoms. The van der Waals surface area contributed by atoms with Crippen molar-refractivity contribution >= 4 is 27.8 Å². The van der Waals surface area contributed by atoms with Gasteiger partial charge in [-0.1, -0.05) is 18.2 Å². The third kappa shape index (κ3) is 1.92. The maximum atomic E-state index is 9.90. The first-order valence-corrected chi connectivity index (χ1v) is 7.43. The molecule has 0 fully saturated rings. The Kier molecular flexibility index (Phi) is 3.06. The van der Waals surface area contributed by atoms with Crippen LogP contribution in [0.2, 0.25) is 0 Å². The van der Waals surface area contributed by atoms with Crippen molar-refractivity contribution in [1.29, 1.82) is 0 Å². The summed E-state index contributed by atoms with van der Waals surface area (Å²) in [6.45, 7) is -0.0687. The molecule has 0 unspecified atom stereocenters. The van der Waals surface area contributed by atoms with E-state index in [2.05, 4.69) is 32.4 Å². The number of hydrogen-bond donors (Lipinski definition) is 3. The van der Waals surface area contributed by atoms with Crippen LogP contribution < -0.4 is 5.32 Å². The Morgan fingerprint density at radius 1 is 1.26 bits per heavy atom. The predicted octanol–water partition coefficient (Wildman–Crippen LogP) is 2.65. The Labute approximate surface area is 132 Å². The van der Waals surface area contributed by atoms with Gasteiger partial charge in [0.2, 0.25) is 0 Å². The van der Waals surface area contributed by atoms with Crippen molar-refractivity contribution in [2.45, 2.75) is 6.61 Å². The van der Waals surface area contributed by atoms with Crippen LogP contribution in [0.15, 0.2) is 36.7 Å². The van der Waals surface area contributed by atoms with Gasteiger partial charge in [0.15, 0.2) is 0 Å². The zero-order valence-corrected chi connectivity index (χ0v) is 13.0. The Hall–Kier alpha value is -2.86. The second kappa shape index (κ2) is 5.10. The van der Waals surface area contributed by atoms with Gasteiger partial charge in [-0.25, -0.2) is 9.97 Å². The van der Waals surface area contributed by atoms with E-state index in [0.717, 1.165) is 44.7 Å². The summed E-state index contributed by atoms with van der Waals surface area (Å²) in [5.41, 5.74) is 4.55. The molecule has 0 aliphatic carbocycles. The fraction of sp³-hybridized carbons (Fsp3) is 0.176. The number of H-pyrrole nitrogens is 1. The predicted molar refractivity (Wildman–Crippen MR) is 91.3 cm³/mol. The van der Waals surface area contributed by atoms with Crippen LogP contribution in [0, 0.1) is 0 Å². The van der Waals surface area contributed by atoms with Crippen LogP contribution in [0.1, 0.15) is 5.69 Å². The van der Waals surface area contributed by atoms with Crippen molar-refractivity contribution in [1.82, 2.24) is 19.5 Å². The van der Waals surface area contributed by atoms with Gasteiger partial charge in [0.25, 0.3) is 0 Å². The highest BCUT2D eigenvalue weighted by Gasteiger charge is 2.21. The van der Waals surface area contributed by atoms with Gasteiger partial charge >= 0.3 is 0 Å². The molecule has 0 spiro atoms. The maximum Gasteiger partial charge on any atom is 0.146 e. The minimum absolute atomic E-state index is 0.0687. The zero-order chi connectivity index (χ0) is 16.0. The van der Waals surface area contributed by atoms with Gasteiger partial charge in [0.05, 0.1) is 17.7 Å². The lowest BCUT2D eigenvalue weighted by Gasteiger charge is -2.04. The van der Waals surface area contributed by atoms with Gasteiger partial charge in [0, 0.05) is 36.3 Å². The topological polar surface area (TPSA) is 78.8 Å². The van der Waals surface area contributed by atoms with E-state index in [4.69, 9.17) is 0 Å². The van der Waals surface area contributed by atoms with E-state index < -0.39 is 0 Å². The first-order valence-electron chi connectivity index (χ1n) is 7.43. The number of aromatic amines is 1. The third-order valence-electron chi connectivity index (χ3n) is 4.27. The van der Waals surface area contributed by atoms with Crippen LogP contribution in [0.3, 0.4) is 0 Å². The number of benzene rings is 1. The van der Waals surface area contributed by atoms with E-state index in [1.807, 2.05) is 36.9 Å². The van der Waals surface area contributed by atoms with Crippen molar-refractivity contribution in [2.75, 3.05) is 12.4 Å². The van der Waals surface area contributed by atoms with Crippen molar-refractivity contribution in [3.8, 4) is 11.3 Å². The average Bonchev–Trinajstić information content (AvgIpc) is 3.13. The number of rotatable bonds is 3. The van der Waals surface area contributed by atoms with Gasteiger partial charge in [-0.3, -0.25) is 0 Å². The number of aryl methyl sites for hydroxylation is 1. The molecule has 3 N–H and O–H groups in total. The zero-order valence-electron chi connectivity index (χ0n) is 13.0. The Morgan fingerprint density at radius 2 is 2.09 bits per heavy atom. The number of nitrogens with one attached hydrogen (secondary N) is 2. The first kappa shape index (κ1) is 13.8. The summed E-state index contributed by atoms with van der Waals surface area (Å²) < 4.78 is 1.92. The molecule has 1 aromatic carbocycles. The molecule has 3 heterocycles. The summed E-state index contributed by atoms with van der Waals surface area (Å²) in [4.78, 5) is 12.1. The summed E-state index contributed by atoms with van der Waals surface area (Å²) in [5.74, 6) is 0.749. The SMILES string of the molecule is CNc1ncnc2c1c(-c1cc3ccccc3[nH]1)c(CO)n2C. The summed E-state index contributed by atoms with van der Waals surface area (Å²) in [6.07, 6.45) is 1.53. The average molecular weight is 307 g/mol. The second-order valence-electron chi connectivity index (χ2n) is 5.48. The van der Waals surface area contributed by atoms with Gasteiger partial charge in [-0.2, -0.15) is 0 Å². The molecule has 6 nitrogen and oxygen atoms in total. The molecule has 0 saturated heterocycles. The summed E-state index contributed by atoms with van der Waals surface area (Å²) in [6, 6.07) is 10.2. The minimum atomic E-state index is -0.0687. The smallest absolute Gasteiger partial charge is 0.146 e. The quantitative estimate of drug-likeness (QED) is 0.544. The molecule has 0 aliphatic heterocycles. The molecule has 116 valence electrons. The largest absolute Gasteiger partial charge is 0.390 e. The van der Waals surface area contributed by atoms with Crippen LogP contribution >= 0.6 is 0 Å². The molecule has 0 bridgehead atoms. The molecular weight excluding hydrogens is 290 g/mol. The fourth-order valence-electron chi connectivity index (χ4n) is 3.17. The molecular formula is C17H17N5O. The standard InChI is InChI=1S/C17H17N5O/c1-18-16-15-14(12-7-10-5-3-4-6-11(10)21-12)13(8-23)22(2)17(15)20-9-19-16/h3-7,9,21,23H,8H2,1-2H3,(H,18,19,20). The number of aliphatic hydroxyl groups is 1. The number of anilines is 1. The van der Waals surface area contributed by atoms with E-state index in [0.29, 0.717) is 0 Å². The van der Waals surface area contributed by atoms with E-state index >= 15 is 0 Å². The maximum absolute atomic E-state index is 9.90. The molecule has 0 aliphatic rings. The molecule has 23 heavy (non-hydrogen) atoms. The highest BCUT2D eigenvalue weighted by atomic mass is 16.3. The lowest BCUT2D eigenvalue weighted by molar-refractivity contribution is 0.274. The summed E-state index contributed by atoms with van der Waals surface area (Å²) >= 11 is 0. The van der Waals surface area contributed by atoms with Crippen molar-refractivity contribution < 1.29 is 5.11 Å². The Bertz CT molecular complexity index is 982. The van der Waals surface area contributed by atoms with E-state index in [1.165, 1.54) is 6.33 Å². The van der Waals surface area contributed by atoms with Crippen LogP contribution in [0.4, 0.5) is 5.82 Å². The number of fused-ring (bicyclic) bond motifs is 2. The molecule has 0 radical (unpaired) electrons. The van der Waals surface area contributed by atoms with E-state index in [9.17, 15) is 5.11 Å². The third-order valence-corrected chi connectivity index (χ3v) is 4.27. The number of para-hydroxylation sites is 1. The normalized spacial score (nSPS) is 11.4. The van der Waals surface area contributed by atoms with Gasteiger partial charge in [-0.15, -0.1) is 0 Å². The highest BCUT2D eigenvalue weighted by Crippen LogP contribution is 2.37. The van der Waals surface area contributed by atoms with Crippen LogP contribution in [0.5, 0.6) is 0 Å². The lowest BCUT2D eigenvalue weighted by atomic mass is 10.1. The lowest BCUT2D eigenvalue weighted by Crippen LogP contribution is -1.98. The highest BCUT2D eigenvalue weighted by molar-refractivity contribution is 6.04. The molecule has 4 rings (SSSR count). The Balaban J connectivity index is 2.12. The summed E-state index contributed by atoms with van der Waals surface area (Å²) in [7, 11) is 3.74. The molecule has 3 aromatic heterocycles. The fourth-order valence-corrected chi connectivity index (χ4v) is 3.17. The van der Waals surface area contributed by atoms with Crippen molar-refractivity contribution in [2.24, 2.45) is 7.05 Å². The molecule has 0 amide bonds. The number of aromatic nitrogens is 4. The van der Waals surface area contributed by atoms with Crippen LogP contribution in [-0.4, -0.2) is 31.7 Å². The summed E-state index contributed by atoms with van der Waals surface area (Å²) in [5, 5.41) is 15.1. The monoisotopic (exact) mass is 307 g/mol. The molecule has 4 aromatic rings. The minimum Gasteiger partial charge on any atom is -0.390 e. The molecule has 0 saturated carbocycles. The number of hydrogen-bond acceptors (Lipinski definition) is 4. The number of aliphatic hydroxyl groups excluding tert-OH is 1. The molecule has 0 atom stereocenters. The Morgan fingerprint density at radius 3 is 2.83 bits per heavy atom. The number of nitrogens with zero attached hydrogens (tertiary/aromatic N) is 3. The first-order chi connectivity index (χ1) is 11.2. The van der Waals surface area contributed by atoms with Crippen molar-refractivity contribution in [3.63, 3.8) is 0 Å². The van der Waals surface area contributed by atoms with Crippen LogP contribution in [0.25, 0.3) is 33.2 Å². The van der Waals surface area contributed by atoms with Gasteiger partial charge < -0.3 is 20.0 Å². The van der Waals surface area contributed by atoms with E-state index in [1.54, 1.807) is 0 Å². The van der Waals surface area contributed by atoms with Crippen LogP contribution in [-0.2, 0) is 13.7 Å². The van der Waals surface area contributed by atoms with Gasteiger partial charge in [-0.05, 0) is 12.1 Å². The van der Waals surface area contributed by atoms with Gasteiger partial charge in [0.1, 0.15) is 17.8 Å². The second-order valence-corrected chi connectivity index (χ2v) is 5.48. The van der Waals surface area contributed by atoms with E-state index in [-0.39, 0.29) is 6.61 Å².